The Kier molecular flexibility index (Phi) is 4.33. The SMILES string of the molecule is O=C1/C(=C/c2ccccc2Cl)SC(=S)N1[C@@H]1CCS(=O)(=O)C1. The number of amides is 1. The van der Waals surface area contributed by atoms with E-state index in [-0.39, 0.29) is 23.5 Å². The molecule has 2 fully saturated rings. The van der Waals surface area contributed by atoms with E-state index in [1.807, 2.05) is 18.2 Å². The standard InChI is InChI=1S/C14H12ClNO3S3/c15-11-4-2-1-3-9(11)7-12-13(17)16(14(20)21-12)10-5-6-22(18,19)8-10/h1-4,7,10H,5-6,8H2/b12-7-/t10-/m1/s1. The first-order valence-corrected chi connectivity index (χ1v) is 10.0. The van der Waals surface area contributed by atoms with Crippen molar-refractivity contribution in [2.45, 2.75) is 12.5 Å². The summed E-state index contributed by atoms with van der Waals surface area (Å²) in [4.78, 5) is 14.5. The van der Waals surface area contributed by atoms with Crippen LogP contribution in [0.1, 0.15) is 12.0 Å². The van der Waals surface area contributed by atoms with Gasteiger partial charge in [-0.15, -0.1) is 0 Å². The second-order valence-corrected chi connectivity index (χ2v) is 9.44. The van der Waals surface area contributed by atoms with Gasteiger partial charge in [0.1, 0.15) is 4.32 Å². The van der Waals surface area contributed by atoms with Gasteiger partial charge in [0.15, 0.2) is 9.84 Å². The number of nitrogens with zero attached hydrogens (tertiary/aromatic N) is 1. The summed E-state index contributed by atoms with van der Waals surface area (Å²) in [5.41, 5.74) is 0.740. The van der Waals surface area contributed by atoms with Crippen LogP contribution in [0.5, 0.6) is 0 Å². The Morgan fingerprint density at radius 3 is 2.73 bits per heavy atom. The van der Waals surface area contributed by atoms with Crippen LogP contribution in [0.4, 0.5) is 0 Å². The Hall–Kier alpha value is -0.890. The fourth-order valence-electron chi connectivity index (χ4n) is 2.51. The van der Waals surface area contributed by atoms with Crippen LogP contribution in [-0.4, -0.2) is 41.1 Å². The van der Waals surface area contributed by atoms with Crippen molar-refractivity contribution in [1.29, 1.82) is 0 Å². The Morgan fingerprint density at radius 2 is 2.09 bits per heavy atom. The van der Waals surface area contributed by atoms with E-state index >= 15 is 0 Å². The van der Waals surface area contributed by atoms with E-state index in [0.717, 1.165) is 5.56 Å². The lowest BCUT2D eigenvalue weighted by atomic mass is 10.2. The van der Waals surface area contributed by atoms with Crippen LogP contribution in [0.15, 0.2) is 29.2 Å². The average molecular weight is 374 g/mol. The lowest BCUT2D eigenvalue weighted by Crippen LogP contribution is -2.39. The molecule has 0 aromatic heterocycles. The summed E-state index contributed by atoms with van der Waals surface area (Å²) in [5, 5.41) is 0.552. The van der Waals surface area contributed by atoms with Gasteiger partial charge in [0.25, 0.3) is 5.91 Å². The second-order valence-electron chi connectivity index (χ2n) is 5.13. The summed E-state index contributed by atoms with van der Waals surface area (Å²) in [7, 11) is -3.07. The Balaban J connectivity index is 1.88. The molecule has 1 atom stereocenters. The van der Waals surface area contributed by atoms with Crippen molar-refractivity contribution in [3.8, 4) is 0 Å². The predicted molar refractivity (Wildman–Crippen MR) is 93.5 cm³/mol. The van der Waals surface area contributed by atoms with Crippen molar-refractivity contribution < 1.29 is 13.2 Å². The number of benzene rings is 1. The first-order chi connectivity index (χ1) is 10.4. The van der Waals surface area contributed by atoms with Gasteiger partial charge in [-0.3, -0.25) is 9.69 Å². The molecular weight excluding hydrogens is 362 g/mol. The minimum atomic E-state index is -3.07. The normalized spacial score (nSPS) is 26.1. The van der Waals surface area contributed by atoms with E-state index in [4.69, 9.17) is 23.8 Å². The fraction of sp³-hybridized carbons (Fsp3) is 0.286. The second kappa shape index (κ2) is 5.96. The first-order valence-electron chi connectivity index (χ1n) is 6.59. The van der Waals surface area contributed by atoms with E-state index in [1.54, 1.807) is 12.1 Å². The smallest absolute Gasteiger partial charge is 0.266 e. The zero-order valence-electron chi connectivity index (χ0n) is 11.4. The van der Waals surface area contributed by atoms with E-state index in [2.05, 4.69) is 0 Å². The molecule has 1 amide bonds. The van der Waals surface area contributed by atoms with Gasteiger partial charge in [-0.2, -0.15) is 0 Å². The molecule has 3 rings (SSSR count). The molecule has 0 unspecified atom stereocenters. The molecule has 2 saturated heterocycles. The maximum Gasteiger partial charge on any atom is 0.266 e. The highest BCUT2D eigenvalue weighted by molar-refractivity contribution is 8.26. The van der Waals surface area contributed by atoms with Gasteiger partial charge in [0, 0.05) is 5.02 Å². The maximum absolute atomic E-state index is 12.5. The maximum atomic E-state index is 12.5. The summed E-state index contributed by atoms with van der Waals surface area (Å²) < 4.78 is 23.6. The van der Waals surface area contributed by atoms with Gasteiger partial charge in [0.05, 0.1) is 22.5 Å². The van der Waals surface area contributed by atoms with Crippen LogP contribution in [0.3, 0.4) is 0 Å². The molecule has 0 saturated carbocycles. The van der Waals surface area contributed by atoms with Crippen molar-refractivity contribution in [2.75, 3.05) is 11.5 Å². The van der Waals surface area contributed by atoms with Crippen LogP contribution >= 0.6 is 35.6 Å². The molecule has 2 aliphatic heterocycles. The number of halogens is 1. The highest BCUT2D eigenvalue weighted by atomic mass is 35.5. The van der Waals surface area contributed by atoms with E-state index in [9.17, 15) is 13.2 Å². The number of rotatable bonds is 2. The molecule has 0 radical (unpaired) electrons. The molecule has 1 aromatic rings. The topological polar surface area (TPSA) is 54.5 Å². The molecule has 0 aliphatic carbocycles. The van der Waals surface area contributed by atoms with Gasteiger partial charge in [0.2, 0.25) is 0 Å². The number of carbonyl (C=O) groups is 1. The molecule has 1 aromatic carbocycles. The number of sulfone groups is 1. The Bertz CT molecular complexity index is 788. The summed E-state index contributed by atoms with van der Waals surface area (Å²) in [6.07, 6.45) is 2.14. The van der Waals surface area contributed by atoms with Crippen LogP contribution in [0.25, 0.3) is 6.08 Å². The summed E-state index contributed by atoms with van der Waals surface area (Å²) in [6.45, 7) is 0. The highest BCUT2D eigenvalue weighted by Gasteiger charge is 2.42. The van der Waals surface area contributed by atoms with Crippen LogP contribution in [-0.2, 0) is 14.6 Å². The molecule has 0 N–H and O–H groups in total. The number of carbonyl (C=O) groups excluding carboxylic acids is 1. The largest absolute Gasteiger partial charge is 0.289 e. The Labute approximate surface area is 143 Å². The molecular formula is C14H12ClNO3S3. The lowest BCUT2D eigenvalue weighted by Gasteiger charge is -2.20. The third-order valence-electron chi connectivity index (χ3n) is 3.59. The summed E-state index contributed by atoms with van der Waals surface area (Å²) in [6, 6.07) is 6.86. The molecule has 2 heterocycles. The highest BCUT2D eigenvalue weighted by Crippen LogP contribution is 2.36. The van der Waals surface area contributed by atoms with E-state index in [1.165, 1.54) is 16.7 Å². The zero-order chi connectivity index (χ0) is 15.9. The van der Waals surface area contributed by atoms with Crippen molar-refractivity contribution in [1.82, 2.24) is 4.90 Å². The molecule has 0 spiro atoms. The van der Waals surface area contributed by atoms with Crippen LogP contribution in [0, 0.1) is 0 Å². The van der Waals surface area contributed by atoms with Crippen molar-refractivity contribution >= 4 is 61.7 Å². The lowest BCUT2D eigenvalue weighted by molar-refractivity contribution is -0.123. The molecule has 22 heavy (non-hydrogen) atoms. The van der Waals surface area contributed by atoms with Gasteiger partial charge < -0.3 is 0 Å². The minimum Gasteiger partial charge on any atom is -0.289 e. The molecule has 8 heteroatoms. The zero-order valence-corrected chi connectivity index (χ0v) is 14.6. The van der Waals surface area contributed by atoms with E-state index in [0.29, 0.717) is 20.7 Å². The average Bonchev–Trinajstić information content (AvgIpc) is 2.92. The number of thiocarbonyl (C=S) groups is 1. The van der Waals surface area contributed by atoms with Crippen molar-refractivity contribution in [3.63, 3.8) is 0 Å². The quantitative estimate of drug-likeness (QED) is 0.589. The predicted octanol–water partition coefficient (Wildman–Crippen LogP) is 2.73. The monoisotopic (exact) mass is 373 g/mol. The molecule has 4 nitrogen and oxygen atoms in total. The summed E-state index contributed by atoms with van der Waals surface area (Å²) >= 11 is 12.5. The third kappa shape index (κ3) is 3.08. The minimum absolute atomic E-state index is 0.0151. The van der Waals surface area contributed by atoms with Crippen LogP contribution < -0.4 is 0 Å². The van der Waals surface area contributed by atoms with Crippen molar-refractivity contribution in [2.24, 2.45) is 0 Å². The van der Waals surface area contributed by atoms with E-state index < -0.39 is 9.84 Å². The number of hydrogen-bond donors (Lipinski definition) is 0. The van der Waals surface area contributed by atoms with Gasteiger partial charge in [-0.1, -0.05) is 53.8 Å². The Morgan fingerprint density at radius 1 is 1.36 bits per heavy atom. The molecule has 0 bridgehead atoms. The van der Waals surface area contributed by atoms with Gasteiger partial charge in [-0.05, 0) is 24.1 Å². The first kappa shape index (κ1) is 16.0. The van der Waals surface area contributed by atoms with Gasteiger partial charge in [-0.25, -0.2) is 8.42 Å². The number of thioether (sulfide) groups is 1. The van der Waals surface area contributed by atoms with Gasteiger partial charge >= 0.3 is 0 Å². The molecule has 116 valence electrons. The van der Waals surface area contributed by atoms with Crippen LogP contribution in [0.2, 0.25) is 5.02 Å². The fourth-order valence-corrected chi connectivity index (χ4v) is 5.79. The summed E-state index contributed by atoms with van der Waals surface area (Å²) in [5.74, 6) is -0.145. The van der Waals surface area contributed by atoms with Crippen molar-refractivity contribution in [3.05, 3.63) is 39.8 Å². The molecule has 2 aliphatic rings. The number of hydrogen-bond acceptors (Lipinski definition) is 5. The third-order valence-corrected chi connectivity index (χ3v) is 7.01.